The Kier molecular flexibility index (Phi) is 3.33. The lowest BCUT2D eigenvalue weighted by Crippen LogP contribution is -2.06. The van der Waals surface area contributed by atoms with Crippen molar-refractivity contribution in [2.45, 2.75) is 13.3 Å². The maximum atomic E-state index is 13.4. The van der Waals surface area contributed by atoms with Gasteiger partial charge in [0, 0.05) is 16.9 Å². The summed E-state index contributed by atoms with van der Waals surface area (Å²) in [4.78, 5) is 12.8. The van der Waals surface area contributed by atoms with E-state index in [2.05, 4.69) is 0 Å². The van der Waals surface area contributed by atoms with Gasteiger partial charge in [0.25, 0.3) is 0 Å². The zero-order chi connectivity index (χ0) is 12.4. The fourth-order valence-electron chi connectivity index (χ4n) is 1.63. The van der Waals surface area contributed by atoms with Crippen LogP contribution in [0.25, 0.3) is 0 Å². The number of rotatable bonds is 3. The van der Waals surface area contributed by atoms with Crippen molar-refractivity contribution in [1.82, 2.24) is 0 Å². The van der Waals surface area contributed by atoms with Crippen LogP contribution in [0.5, 0.6) is 0 Å². The molecule has 17 heavy (non-hydrogen) atoms. The van der Waals surface area contributed by atoms with Gasteiger partial charge in [-0.05, 0) is 30.0 Å². The summed E-state index contributed by atoms with van der Waals surface area (Å²) >= 11 is 1.46. The summed E-state index contributed by atoms with van der Waals surface area (Å²) in [6.07, 6.45) is -0.110. The van der Waals surface area contributed by atoms with E-state index in [0.717, 1.165) is 10.9 Å². The summed E-state index contributed by atoms with van der Waals surface area (Å²) in [7, 11) is 0. The minimum Gasteiger partial charge on any atom is -0.294 e. The summed E-state index contributed by atoms with van der Waals surface area (Å²) in [6, 6.07) is 5.58. The van der Waals surface area contributed by atoms with Gasteiger partial charge < -0.3 is 0 Å². The third-order valence-corrected chi connectivity index (χ3v) is 3.39. The molecule has 0 spiro atoms. The molecule has 0 unspecified atom stereocenters. The van der Waals surface area contributed by atoms with Crippen LogP contribution >= 0.6 is 11.3 Å². The fourth-order valence-corrected chi connectivity index (χ4v) is 2.34. The van der Waals surface area contributed by atoms with Crippen molar-refractivity contribution >= 4 is 17.1 Å². The summed E-state index contributed by atoms with van der Waals surface area (Å²) in [6.45, 7) is 1.83. The van der Waals surface area contributed by atoms with Crippen LogP contribution in [0.1, 0.15) is 20.8 Å². The van der Waals surface area contributed by atoms with Crippen LogP contribution in [0, 0.1) is 18.6 Å². The zero-order valence-electron chi connectivity index (χ0n) is 9.17. The smallest absolute Gasteiger partial charge is 0.168 e. The first kappa shape index (κ1) is 11.9. The van der Waals surface area contributed by atoms with Gasteiger partial charge in [0.1, 0.15) is 0 Å². The average Bonchev–Trinajstić information content (AvgIpc) is 2.71. The average molecular weight is 252 g/mol. The molecule has 1 nitrogen and oxygen atoms in total. The van der Waals surface area contributed by atoms with Crippen molar-refractivity contribution < 1.29 is 13.6 Å². The summed E-state index contributed by atoms with van der Waals surface area (Å²) in [5.74, 6) is -2.04. The second kappa shape index (κ2) is 4.75. The Hall–Kier alpha value is -1.55. The van der Waals surface area contributed by atoms with Crippen molar-refractivity contribution in [2.24, 2.45) is 0 Å². The first-order valence-electron chi connectivity index (χ1n) is 5.10. The number of carbonyl (C=O) groups is 1. The van der Waals surface area contributed by atoms with E-state index in [1.807, 2.05) is 12.3 Å². The number of Topliss-reactive ketones (excluding diaryl/α,β-unsaturated/α-hetero) is 1. The molecule has 0 bridgehead atoms. The van der Waals surface area contributed by atoms with Gasteiger partial charge in [-0.3, -0.25) is 4.79 Å². The minimum absolute atomic E-state index is 0.0978. The first-order valence-corrected chi connectivity index (χ1v) is 5.97. The highest BCUT2D eigenvalue weighted by molar-refractivity contribution is 7.10. The standard InChI is InChI=1S/C13H10F2OS/c1-8-10(5-6-17-8)12(16)7-9-3-2-4-11(14)13(9)15/h2-6H,7H2,1H3. The van der Waals surface area contributed by atoms with Gasteiger partial charge in [0.05, 0.1) is 0 Å². The van der Waals surface area contributed by atoms with Crippen LogP contribution in [0.3, 0.4) is 0 Å². The van der Waals surface area contributed by atoms with E-state index in [1.54, 1.807) is 6.07 Å². The predicted octanol–water partition coefficient (Wildman–Crippen LogP) is 3.76. The molecule has 0 aliphatic carbocycles. The molecule has 1 aromatic carbocycles. The largest absolute Gasteiger partial charge is 0.294 e. The van der Waals surface area contributed by atoms with Crippen LogP contribution in [-0.2, 0) is 6.42 Å². The Bertz CT molecular complexity index is 560. The zero-order valence-corrected chi connectivity index (χ0v) is 9.98. The molecule has 0 radical (unpaired) electrons. The summed E-state index contributed by atoms with van der Waals surface area (Å²) < 4.78 is 26.3. The summed E-state index contributed by atoms with van der Waals surface area (Å²) in [5.41, 5.74) is 0.680. The molecule has 1 heterocycles. The molecule has 0 amide bonds. The van der Waals surface area contributed by atoms with Crippen molar-refractivity contribution in [3.05, 3.63) is 57.3 Å². The van der Waals surface area contributed by atoms with Gasteiger partial charge >= 0.3 is 0 Å². The second-order valence-electron chi connectivity index (χ2n) is 3.70. The predicted molar refractivity (Wildman–Crippen MR) is 63.4 cm³/mol. The van der Waals surface area contributed by atoms with Gasteiger partial charge in [0.15, 0.2) is 17.4 Å². The lowest BCUT2D eigenvalue weighted by Gasteiger charge is -2.03. The number of hydrogen-bond donors (Lipinski definition) is 0. The Balaban J connectivity index is 2.25. The van der Waals surface area contributed by atoms with E-state index < -0.39 is 11.6 Å². The normalized spacial score (nSPS) is 10.5. The highest BCUT2D eigenvalue weighted by atomic mass is 32.1. The van der Waals surface area contributed by atoms with E-state index in [9.17, 15) is 13.6 Å². The van der Waals surface area contributed by atoms with Crippen LogP contribution in [0.4, 0.5) is 8.78 Å². The van der Waals surface area contributed by atoms with Crippen LogP contribution < -0.4 is 0 Å². The molecule has 1 aromatic heterocycles. The van der Waals surface area contributed by atoms with E-state index >= 15 is 0 Å². The maximum absolute atomic E-state index is 13.4. The highest BCUT2D eigenvalue weighted by Crippen LogP contribution is 2.19. The van der Waals surface area contributed by atoms with Crippen molar-refractivity contribution in [3.8, 4) is 0 Å². The van der Waals surface area contributed by atoms with E-state index in [0.29, 0.717) is 5.56 Å². The molecule has 88 valence electrons. The molecule has 2 aromatic rings. The molecule has 0 aliphatic heterocycles. The van der Waals surface area contributed by atoms with Gasteiger partial charge in [0.2, 0.25) is 0 Å². The number of hydrogen-bond acceptors (Lipinski definition) is 2. The Morgan fingerprint density at radius 1 is 1.29 bits per heavy atom. The van der Waals surface area contributed by atoms with Gasteiger partial charge in [-0.15, -0.1) is 11.3 Å². The number of thiophene rings is 1. The van der Waals surface area contributed by atoms with E-state index in [4.69, 9.17) is 0 Å². The highest BCUT2D eigenvalue weighted by Gasteiger charge is 2.15. The molecule has 0 saturated carbocycles. The lowest BCUT2D eigenvalue weighted by molar-refractivity contribution is 0.0991. The van der Waals surface area contributed by atoms with Crippen molar-refractivity contribution in [2.75, 3.05) is 0 Å². The molecule has 0 saturated heterocycles. The van der Waals surface area contributed by atoms with Crippen LogP contribution in [0.15, 0.2) is 29.6 Å². The van der Waals surface area contributed by atoms with Gasteiger partial charge in [-0.25, -0.2) is 8.78 Å². The Morgan fingerprint density at radius 2 is 2.06 bits per heavy atom. The van der Waals surface area contributed by atoms with Crippen molar-refractivity contribution in [3.63, 3.8) is 0 Å². The number of ketones is 1. The molecular formula is C13H10F2OS. The molecule has 0 fully saturated rings. The molecule has 0 atom stereocenters. The Morgan fingerprint density at radius 3 is 2.71 bits per heavy atom. The number of aryl methyl sites for hydroxylation is 1. The number of benzene rings is 1. The van der Waals surface area contributed by atoms with Crippen molar-refractivity contribution in [1.29, 1.82) is 0 Å². The van der Waals surface area contributed by atoms with Crippen LogP contribution in [0.2, 0.25) is 0 Å². The Labute approximate surface area is 102 Å². The third-order valence-electron chi connectivity index (χ3n) is 2.54. The maximum Gasteiger partial charge on any atom is 0.168 e. The molecule has 4 heteroatoms. The SMILES string of the molecule is Cc1sccc1C(=O)Cc1cccc(F)c1F. The third kappa shape index (κ3) is 2.42. The quantitative estimate of drug-likeness (QED) is 0.760. The molecule has 2 rings (SSSR count). The monoisotopic (exact) mass is 252 g/mol. The van der Waals surface area contributed by atoms with Gasteiger partial charge in [-0.2, -0.15) is 0 Å². The molecule has 0 aliphatic rings. The molecular weight excluding hydrogens is 242 g/mol. The summed E-state index contributed by atoms with van der Waals surface area (Å²) in [5, 5.41) is 1.81. The molecule has 0 N–H and O–H groups in total. The number of carbonyl (C=O) groups excluding carboxylic acids is 1. The topological polar surface area (TPSA) is 17.1 Å². The fraction of sp³-hybridized carbons (Fsp3) is 0.154. The first-order chi connectivity index (χ1) is 8.09. The van der Waals surface area contributed by atoms with E-state index in [-0.39, 0.29) is 17.8 Å². The number of halogens is 2. The second-order valence-corrected chi connectivity index (χ2v) is 4.82. The van der Waals surface area contributed by atoms with Crippen LogP contribution in [-0.4, -0.2) is 5.78 Å². The van der Waals surface area contributed by atoms with E-state index in [1.165, 1.54) is 23.5 Å². The van der Waals surface area contributed by atoms with Gasteiger partial charge in [-0.1, -0.05) is 12.1 Å². The minimum atomic E-state index is -0.936. The lowest BCUT2D eigenvalue weighted by atomic mass is 10.0.